The van der Waals surface area contributed by atoms with Gasteiger partial charge in [0, 0.05) is 24.3 Å². The number of aryl methyl sites for hydroxylation is 1. The van der Waals surface area contributed by atoms with E-state index in [-0.39, 0.29) is 18.4 Å². The van der Waals surface area contributed by atoms with Crippen LogP contribution in [0.1, 0.15) is 44.6 Å². The summed E-state index contributed by atoms with van der Waals surface area (Å²) in [5.74, 6) is -0.0823. The van der Waals surface area contributed by atoms with Crippen molar-refractivity contribution in [1.82, 2.24) is 5.32 Å². The summed E-state index contributed by atoms with van der Waals surface area (Å²) in [4.78, 5) is 23.1. The lowest BCUT2D eigenvalue weighted by Crippen LogP contribution is -2.39. The van der Waals surface area contributed by atoms with E-state index in [1.54, 1.807) is 0 Å². The highest BCUT2D eigenvalue weighted by molar-refractivity contribution is 5.89. The SMILES string of the molecule is CC(=O)Nc1ccc(C)c(NCC(=O)NC2CCCCC2)c1. The van der Waals surface area contributed by atoms with Crippen molar-refractivity contribution in [3.63, 3.8) is 0 Å². The summed E-state index contributed by atoms with van der Waals surface area (Å²) in [6, 6.07) is 5.95. The van der Waals surface area contributed by atoms with Crippen LogP contribution in [0.2, 0.25) is 0 Å². The second-order valence-electron chi connectivity index (χ2n) is 5.97. The quantitative estimate of drug-likeness (QED) is 0.783. The maximum absolute atomic E-state index is 12.0. The number of hydrogen-bond donors (Lipinski definition) is 3. The van der Waals surface area contributed by atoms with Gasteiger partial charge in [0.25, 0.3) is 0 Å². The van der Waals surface area contributed by atoms with Gasteiger partial charge in [-0.25, -0.2) is 0 Å². The van der Waals surface area contributed by atoms with E-state index in [1.807, 2.05) is 25.1 Å². The minimum absolute atomic E-state index is 0.0243. The van der Waals surface area contributed by atoms with Crippen LogP contribution in [0.3, 0.4) is 0 Å². The molecule has 1 saturated carbocycles. The lowest BCUT2D eigenvalue weighted by atomic mass is 9.95. The molecule has 1 aromatic rings. The van der Waals surface area contributed by atoms with Crippen molar-refractivity contribution < 1.29 is 9.59 Å². The normalized spacial score (nSPS) is 15.2. The second-order valence-corrected chi connectivity index (χ2v) is 5.97. The Kier molecular flexibility index (Phi) is 5.81. The molecule has 0 aliphatic heterocycles. The summed E-state index contributed by atoms with van der Waals surface area (Å²) >= 11 is 0. The maximum atomic E-state index is 12.0. The minimum atomic E-state index is -0.107. The molecule has 1 aromatic carbocycles. The molecule has 0 bridgehead atoms. The molecule has 0 saturated heterocycles. The molecular weight excluding hydrogens is 278 g/mol. The average Bonchev–Trinajstić information content (AvgIpc) is 2.48. The first-order valence-electron chi connectivity index (χ1n) is 7.96. The number of benzene rings is 1. The van der Waals surface area contributed by atoms with E-state index in [4.69, 9.17) is 0 Å². The number of anilines is 2. The van der Waals surface area contributed by atoms with Crippen LogP contribution in [0, 0.1) is 6.92 Å². The molecule has 0 unspecified atom stereocenters. The molecular formula is C17H25N3O2. The summed E-state index contributed by atoms with van der Waals surface area (Å²) < 4.78 is 0. The molecule has 1 aliphatic rings. The molecule has 1 aliphatic carbocycles. The van der Waals surface area contributed by atoms with Crippen LogP contribution >= 0.6 is 0 Å². The molecule has 3 N–H and O–H groups in total. The highest BCUT2D eigenvalue weighted by Crippen LogP contribution is 2.20. The van der Waals surface area contributed by atoms with E-state index in [9.17, 15) is 9.59 Å². The number of rotatable bonds is 5. The van der Waals surface area contributed by atoms with Crippen LogP contribution in [0.5, 0.6) is 0 Å². The summed E-state index contributed by atoms with van der Waals surface area (Å²) in [7, 11) is 0. The van der Waals surface area contributed by atoms with Gasteiger partial charge in [0.2, 0.25) is 11.8 Å². The largest absolute Gasteiger partial charge is 0.376 e. The predicted octanol–water partition coefficient (Wildman–Crippen LogP) is 2.81. The molecule has 0 radical (unpaired) electrons. The van der Waals surface area contributed by atoms with Gasteiger partial charge in [-0.2, -0.15) is 0 Å². The molecule has 120 valence electrons. The zero-order chi connectivity index (χ0) is 15.9. The zero-order valence-corrected chi connectivity index (χ0v) is 13.4. The van der Waals surface area contributed by atoms with Crippen molar-refractivity contribution in [2.75, 3.05) is 17.2 Å². The van der Waals surface area contributed by atoms with E-state index in [0.717, 1.165) is 29.8 Å². The fraction of sp³-hybridized carbons (Fsp3) is 0.529. The van der Waals surface area contributed by atoms with Crippen molar-refractivity contribution in [3.05, 3.63) is 23.8 Å². The van der Waals surface area contributed by atoms with Gasteiger partial charge < -0.3 is 16.0 Å². The molecule has 0 heterocycles. The molecule has 0 atom stereocenters. The third-order valence-electron chi connectivity index (χ3n) is 3.97. The van der Waals surface area contributed by atoms with E-state index in [2.05, 4.69) is 16.0 Å². The number of carbonyl (C=O) groups is 2. The Bertz CT molecular complexity index is 537. The number of hydrogen-bond acceptors (Lipinski definition) is 3. The fourth-order valence-corrected chi connectivity index (χ4v) is 2.79. The average molecular weight is 303 g/mol. The van der Waals surface area contributed by atoms with Crippen LogP contribution in [0.4, 0.5) is 11.4 Å². The number of nitrogens with one attached hydrogen (secondary N) is 3. The Morgan fingerprint density at radius 1 is 1.18 bits per heavy atom. The Morgan fingerprint density at radius 3 is 2.59 bits per heavy atom. The summed E-state index contributed by atoms with van der Waals surface area (Å²) in [6.07, 6.45) is 5.86. The molecule has 22 heavy (non-hydrogen) atoms. The Hall–Kier alpha value is -2.04. The molecule has 2 rings (SSSR count). The van der Waals surface area contributed by atoms with Gasteiger partial charge >= 0.3 is 0 Å². The predicted molar refractivity (Wildman–Crippen MR) is 89.0 cm³/mol. The first kappa shape index (κ1) is 16.3. The zero-order valence-electron chi connectivity index (χ0n) is 13.4. The Balaban J connectivity index is 1.87. The van der Waals surface area contributed by atoms with Gasteiger partial charge in [0.1, 0.15) is 0 Å². The van der Waals surface area contributed by atoms with Crippen LogP contribution in [0.25, 0.3) is 0 Å². The second kappa shape index (κ2) is 7.82. The minimum Gasteiger partial charge on any atom is -0.376 e. The summed E-state index contributed by atoms with van der Waals surface area (Å²) in [6.45, 7) is 3.70. The number of amides is 2. The van der Waals surface area contributed by atoms with Gasteiger partial charge in [-0.15, -0.1) is 0 Å². The first-order chi connectivity index (χ1) is 10.5. The van der Waals surface area contributed by atoms with E-state index in [1.165, 1.54) is 26.2 Å². The van der Waals surface area contributed by atoms with E-state index >= 15 is 0 Å². The Labute approximate surface area is 131 Å². The van der Waals surface area contributed by atoms with Crippen molar-refractivity contribution in [3.8, 4) is 0 Å². The highest BCUT2D eigenvalue weighted by Gasteiger charge is 2.15. The fourth-order valence-electron chi connectivity index (χ4n) is 2.79. The van der Waals surface area contributed by atoms with E-state index in [0.29, 0.717) is 6.04 Å². The van der Waals surface area contributed by atoms with Gasteiger partial charge in [0.05, 0.1) is 6.54 Å². The third-order valence-corrected chi connectivity index (χ3v) is 3.97. The summed E-state index contributed by atoms with van der Waals surface area (Å²) in [5, 5.41) is 8.98. The van der Waals surface area contributed by atoms with Crippen molar-refractivity contribution >= 4 is 23.2 Å². The van der Waals surface area contributed by atoms with E-state index < -0.39 is 0 Å². The van der Waals surface area contributed by atoms with Crippen molar-refractivity contribution in [2.45, 2.75) is 52.0 Å². The molecule has 0 spiro atoms. The topological polar surface area (TPSA) is 70.2 Å². The Morgan fingerprint density at radius 2 is 1.91 bits per heavy atom. The van der Waals surface area contributed by atoms with Crippen LogP contribution in [0.15, 0.2) is 18.2 Å². The van der Waals surface area contributed by atoms with Gasteiger partial charge in [-0.3, -0.25) is 9.59 Å². The van der Waals surface area contributed by atoms with Gasteiger partial charge in [-0.1, -0.05) is 25.3 Å². The monoisotopic (exact) mass is 303 g/mol. The molecule has 1 fully saturated rings. The maximum Gasteiger partial charge on any atom is 0.239 e. The molecule has 5 nitrogen and oxygen atoms in total. The lowest BCUT2D eigenvalue weighted by molar-refractivity contribution is -0.120. The van der Waals surface area contributed by atoms with Gasteiger partial charge in [-0.05, 0) is 37.5 Å². The van der Waals surface area contributed by atoms with Gasteiger partial charge in [0.15, 0.2) is 0 Å². The number of carbonyl (C=O) groups excluding carboxylic acids is 2. The van der Waals surface area contributed by atoms with Crippen LogP contribution < -0.4 is 16.0 Å². The lowest BCUT2D eigenvalue weighted by Gasteiger charge is -2.23. The van der Waals surface area contributed by atoms with Crippen molar-refractivity contribution in [1.29, 1.82) is 0 Å². The van der Waals surface area contributed by atoms with Crippen LogP contribution in [-0.2, 0) is 9.59 Å². The standard InChI is InChI=1S/C17H25N3O2/c1-12-8-9-15(19-13(2)21)10-16(12)18-11-17(22)20-14-6-4-3-5-7-14/h8-10,14,18H,3-7,11H2,1-2H3,(H,19,21)(H,20,22). The molecule has 0 aromatic heterocycles. The smallest absolute Gasteiger partial charge is 0.239 e. The summed E-state index contributed by atoms with van der Waals surface area (Å²) in [5.41, 5.74) is 2.64. The highest BCUT2D eigenvalue weighted by atomic mass is 16.2. The van der Waals surface area contributed by atoms with Crippen LogP contribution in [-0.4, -0.2) is 24.4 Å². The molecule has 2 amide bonds. The first-order valence-corrected chi connectivity index (χ1v) is 7.96. The third kappa shape index (κ3) is 5.06. The molecule has 5 heteroatoms. The van der Waals surface area contributed by atoms with Crippen molar-refractivity contribution in [2.24, 2.45) is 0 Å².